The summed E-state index contributed by atoms with van der Waals surface area (Å²) in [4.78, 5) is 42.9. The molecule has 3 rings (SSSR count). The molecule has 160 valence electrons. The number of nitrogens with two attached hydrogens (primary N) is 2. The van der Waals surface area contributed by atoms with E-state index in [0.29, 0.717) is 0 Å². The maximum absolute atomic E-state index is 12.6. The van der Waals surface area contributed by atoms with Crippen LogP contribution in [0.4, 0.5) is 5.95 Å². The summed E-state index contributed by atoms with van der Waals surface area (Å²) in [6, 6.07) is -0.853. The highest BCUT2D eigenvalue weighted by atomic mass is 16.6. The third-order valence-corrected chi connectivity index (χ3v) is 4.92. The van der Waals surface area contributed by atoms with E-state index < -0.39 is 47.8 Å². The summed E-state index contributed by atoms with van der Waals surface area (Å²) in [6.45, 7) is 3.11. The molecule has 5 atom stereocenters. The average molecular weight is 412 g/mol. The number of hydrogen-bond acceptors (Lipinski definition) is 10. The summed E-state index contributed by atoms with van der Waals surface area (Å²) in [5.74, 6) is -1.07. The monoisotopic (exact) mass is 412 g/mol. The lowest BCUT2D eigenvalue weighted by Crippen LogP contribution is -2.40. The fraction of sp³-hybridized carbons (Fsp3) is 0.625. The maximum Gasteiger partial charge on any atom is 0.332 e. The smallest absolute Gasteiger partial charge is 0.332 e. The molecule has 0 radical (unpaired) electrons. The molecule has 1 aliphatic heterocycles. The van der Waals surface area contributed by atoms with E-state index >= 15 is 0 Å². The van der Waals surface area contributed by atoms with Gasteiger partial charge in [-0.05, 0) is 5.92 Å². The molecule has 2 aromatic heterocycles. The fourth-order valence-electron chi connectivity index (χ4n) is 3.13. The van der Waals surface area contributed by atoms with E-state index in [1.807, 2.05) is 0 Å². The van der Waals surface area contributed by atoms with Gasteiger partial charge in [0, 0.05) is 7.05 Å². The van der Waals surface area contributed by atoms with Gasteiger partial charge in [0.05, 0.1) is 0 Å². The van der Waals surface area contributed by atoms with Crippen molar-refractivity contribution in [3.8, 4) is 0 Å². The summed E-state index contributed by atoms with van der Waals surface area (Å²) in [6.07, 6.45) is -5.52. The molecular weight excluding hydrogens is 388 g/mol. The molecule has 29 heavy (non-hydrogen) atoms. The van der Waals surface area contributed by atoms with Gasteiger partial charge in [-0.3, -0.25) is 19.1 Å². The Morgan fingerprint density at radius 2 is 2.00 bits per heavy atom. The van der Waals surface area contributed by atoms with Crippen LogP contribution in [0.2, 0.25) is 0 Å². The third-order valence-electron chi connectivity index (χ3n) is 4.92. The van der Waals surface area contributed by atoms with Gasteiger partial charge in [0.25, 0.3) is 5.56 Å². The number of hydrogen-bond donors (Lipinski definition) is 5. The molecule has 13 heteroatoms. The van der Waals surface area contributed by atoms with Crippen molar-refractivity contribution in [3.63, 3.8) is 0 Å². The minimum atomic E-state index is -1.55. The number of aliphatic hydroxyl groups is 2. The summed E-state index contributed by atoms with van der Waals surface area (Å²) < 4.78 is 12.6. The highest BCUT2D eigenvalue weighted by molar-refractivity contribution is 5.75. The molecule has 0 aromatic carbocycles. The van der Waals surface area contributed by atoms with Gasteiger partial charge in [0.1, 0.15) is 31.0 Å². The summed E-state index contributed by atoms with van der Waals surface area (Å²) in [5, 5.41) is 20.7. The zero-order valence-electron chi connectivity index (χ0n) is 16.1. The molecule has 2 aromatic rings. The Morgan fingerprint density at radius 1 is 1.34 bits per heavy atom. The van der Waals surface area contributed by atoms with Crippen LogP contribution in [0.15, 0.2) is 9.59 Å². The molecule has 1 fully saturated rings. The van der Waals surface area contributed by atoms with E-state index in [1.54, 1.807) is 13.8 Å². The first-order valence-corrected chi connectivity index (χ1v) is 8.95. The Bertz CT molecular complexity index is 1040. The van der Waals surface area contributed by atoms with Crippen molar-refractivity contribution in [3.05, 3.63) is 20.8 Å². The van der Waals surface area contributed by atoms with Crippen LogP contribution in [0.5, 0.6) is 0 Å². The molecule has 0 bridgehead atoms. The number of esters is 1. The number of nitrogens with one attached hydrogen (secondary N) is 1. The molecule has 0 aliphatic carbocycles. The average Bonchev–Trinajstić information content (AvgIpc) is 3.06. The van der Waals surface area contributed by atoms with Crippen LogP contribution >= 0.6 is 0 Å². The number of nitrogen functional groups attached to an aromatic ring is 1. The Balaban J connectivity index is 1.90. The number of aryl methyl sites for hydroxylation is 1. The van der Waals surface area contributed by atoms with Crippen LogP contribution in [0.25, 0.3) is 11.2 Å². The quantitative estimate of drug-likeness (QED) is 0.318. The van der Waals surface area contributed by atoms with Gasteiger partial charge in [-0.15, -0.1) is 0 Å². The lowest BCUT2D eigenvalue weighted by molar-refractivity contribution is -0.152. The van der Waals surface area contributed by atoms with Crippen LogP contribution in [-0.2, 0) is 21.3 Å². The predicted molar refractivity (Wildman–Crippen MR) is 99.7 cm³/mol. The van der Waals surface area contributed by atoms with E-state index in [-0.39, 0.29) is 29.6 Å². The van der Waals surface area contributed by atoms with Gasteiger partial charge in [0.15, 0.2) is 17.4 Å². The SMILES string of the molecule is CC(C)[C@H](N)C(=O)OC[C@H]1O[C@@H](n2c(=O)n(C)c3c(=O)[nH]c(N)nc32)C(O)[C@@H]1O. The number of rotatable bonds is 5. The molecule has 0 saturated carbocycles. The van der Waals surface area contributed by atoms with Crippen molar-refractivity contribution in [1.82, 2.24) is 19.1 Å². The van der Waals surface area contributed by atoms with Crippen molar-refractivity contribution >= 4 is 23.1 Å². The van der Waals surface area contributed by atoms with Gasteiger partial charge in [0.2, 0.25) is 5.95 Å². The number of ether oxygens (including phenoxy) is 2. The number of imidazole rings is 1. The van der Waals surface area contributed by atoms with E-state index in [1.165, 1.54) is 7.05 Å². The van der Waals surface area contributed by atoms with Crippen molar-refractivity contribution in [2.24, 2.45) is 18.7 Å². The number of anilines is 1. The standard InChI is InChI=1S/C16H24N6O7/c1-5(2)7(17)14(26)28-4-6-9(23)10(24)13(29-6)22-11-8(21(3)16(22)27)12(25)20-15(18)19-11/h5-7,9-10,13,23-24H,4,17H2,1-3H3,(H3,18,19,20,25)/t6-,7+,9-,10?,13-/m1/s1. The summed E-state index contributed by atoms with van der Waals surface area (Å²) in [5.41, 5.74) is 9.72. The van der Waals surface area contributed by atoms with Crippen LogP contribution < -0.4 is 22.7 Å². The first kappa shape index (κ1) is 21.0. The Kier molecular flexibility index (Phi) is 5.49. The second-order valence-corrected chi connectivity index (χ2v) is 7.28. The van der Waals surface area contributed by atoms with Crippen LogP contribution in [-0.4, -0.2) is 66.2 Å². The van der Waals surface area contributed by atoms with Crippen molar-refractivity contribution < 1.29 is 24.5 Å². The second kappa shape index (κ2) is 7.59. The van der Waals surface area contributed by atoms with Crippen molar-refractivity contribution in [2.45, 2.75) is 44.4 Å². The van der Waals surface area contributed by atoms with E-state index in [4.69, 9.17) is 20.9 Å². The first-order valence-electron chi connectivity index (χ1n) is 8.95. The molecule has 0 spiro atoms. The topological polar surface area (TPSA) is 201 Å². The van der Waals surface area contributed by atoms with Gasteiger partial charge < -0.3 is 31.2 Å². The Hall–Kier alpha value is -2.74. The predicted octanol–water partition coefficient (Wildman–Crippen LogP) is -2.85. The van der Waals surface area contributed by atoms with E-state index in [2.05, 4.69) is 9.97 Å². The van der Waals surface area contributed by atoms with Crippen molar-refractivity contribution in [2.75, 3.05) is 12.3 Å². The Morgan fingerprint density at radius 3 is 2.62 bits per heavy atom. The lowest BCUT2D eigenvalue weighted by atomic mass is 10.1. The second-order valence-electron chi connectivity index (χ2n) is 7.28. The molecule has 1 saturated heterocycles. The first-order chi connectivity index (χ1) is 13.5. The highest BCUT2D eigenvalue weighted by Gasteiger charge is 2.46. The summed E-state index contributed by atoms with van der Waals surface area (Å²) in [7, 11) is 1.35. The van der Waals surface area contributed by atoms with Crippen LogP contribution in [0.3, 0.4) is 0 Å². The third kappa shape index (κ3) is 3.53. The van der Waals surface area contributed by atoms with Gasteiger partial charge in [-0.25, -0.2) is 9.36 Å². The Labute approximate surface area is 163 Å². The number of carbonyl (C=O) groups is 1. The van der Waals surface area contributed by atoms with Crippen molar-refractivity contribution in [1.29, 1.82) is 0 Å². The largest absolute Gasteiger partial charge is 0.462 e. The van der Waals surface area contributed by atoms with Gasteiger partial charge in [-0.1, -0.05) is 13.8 Å². The molecule has 7 N–H and O–H groups in total. The zero-order valence-corrected chi connectivity index (χ0v) is 16.1. The summed E-state index contributed by atoms with van der Waals surface area (Å²) >= 11 is 0. The number of H-pyrrole nitrogens is 1. The molecular formula is C16H24N6O7. The molecule has 13 nitrogen and oxygen atoms in total. The highest BCUT2D eigenvalue weighted by Crippen LogP contribution is 2.30. The van der Waals surface area contributed by atoms with Gasteiger partial charge >= 0.3 is 11.7 Å². The molecule has 3 heterocycles. The fourth-order valence-corrected chi connectivity index (χ4v) is 3.13. The van der Waals surface area contributed by atoms with E-state index in [9.17, 15) is 24.6 Å². The number of aromatic amines is 1. The van der Waals surface area contributed by atoms with Crippen LogP contribution in [0, 0.1) is 5.92 Å². The minimum absolute atomic E-state index is 0.0766. The number of aliphatic hydroxyl groups excluding tert-OH is 2. The molecule has 0 amide bonds. The normalized spacial score (nSPS) is 25.6. The van der Waals surface area contributed by atoms with Gasteiger partial charge in [-0.2, -0.15) is 4.98 Å². The number of carbonyl (C=O) groups excluding carboxylic acids is 1. The number of nitrogens with zero attached hydrogens (tertiary/aromatic N) is 3. The zero-order chi connectivity index (χ0) is 21.6. The number of fused-ring (bicyclic) bond motifs is 1. The number of aromatic nitrogens is 4. The van der Waals surface area contributed by atoms with Crippen LogP contribution in [0.1, 0.15) is 20.1 Å². The van der Waals surface area contributed by atoms with E-state index in [0.717, 1.165) is 9.13 Å². The maximum atomic E-state index is 12.6. The molecule has 1 unspecified atom stereocenters. The lowest BCUT2D eigenvalue weighted by Gasteiger charge is -2.18. The minimum Gasteiger partial charge on any atom is -0.462 e. The molecule has 1 aliphatic rings.